The number of furan rings is 1. The van der Waals surface area contributed by atoms with Gasteiger partial charge in [0.05, 0.1) is 5.56 Å². The van der Waals surface area contributed by atoms with Gasteiger partial charge in [-0.2, -0.15) is 0 Å². The second kappa shape index (κ2) is 4.44. The molecule has 0 saturated heterocycles. The molecule has 1 N–H and O–H groups in total. The Hall–Kier alpha value is -2.26. The molecule has 0 radical (unpaired) electrons. The smallest absolute Gasteiger partial charge is 0.335 e. The van der Waals surface area contributed by atoms with Crippen LogP contribution in [0.4, 0.5) is 0 Å². The summed E-state index contributed by atoms with van der Waals surface area (Å²) in [5, 5.41) is 10.4. The molecule has 19 heavy (non-hydrogen) atoms. The lowest BCUT2D eigenvalue weighted by atomic mass is 10.1. The normalized spacial score (nSPS) is 10.8. The van der Waals surface area contributed by atoms with Gasteiger partial charge in [0.2, 0.25) is 0 Å². The van der Waals surface area contributed by atoms with Crippen molar-refractivity contribution in [1.29, 1.82) is 0 Å². The van der Waals surface area contributed by atoms with Crippen LogP contribution in [0.15, 0.2) is 52.9 Å². The number of carbonyl (C=O) groups is 1. The molecular weight excluding hydrogens is 264 g/mol. The van der Waals surface area contributed by atoms with Crippen LogP contribution in [0.1, 0.15) is 10.4 Å². The van der Waals surface area contributed by atoms with E-state index >= 15 is 0 Å². The molecule has 0 bridgehead atoms. The van der Waals surface area contributed by atoms with Crippen molar-refractivity contribution in [2.45, 2.75) is 0 Å². The molecule has 3 rings (SSSR count). The summed E-state index contributed by atoms with van der Waals surface area (Å²) in [7, 11) is 0. The van der Waals surface area contributed by atoms with E-state index in [-0.39, 0.29) is 5.56 Å². The summed E-state index contributed by atoms with van der Waals surface area (Å²) in [6.07, 6.45) is 0. The summed E-state index contributed by atoms with van der Waals surface area (Å²) in [6.45, 7) is 0. The Morgan fingerprint density at radius 3 is 2.63 bits per heavy atom. The van der Waals surface area contributed by atoms with Gasteiger partial charge >= 0.3 is 5.97 Å². The standard InChI is InChI=1S/C15H9ClO3/c16-12-6-10(5-11(7-12)15(17)18)14-8-9-3-1-2-4-13(9)19-14/h1-8H,(H,17,18). The first-order chi connectivity index (χ1) is 9.13. The van der Waals surface area contributed by atoms with E-state index in [0.29, 0.717) is 16.3 Å². The van der Waals surface area contributed by atoms with Crippen LogP contribution in [0.3, 0.4) is 0 Å². The average Bonchev–Trinajstić information content (AvgIpc) is 2.81. The second-order valence-corrected chi connectivity index (χ2v) is 4.62. The number of aromatic carboxylic acids is 1. The van der Waals surface area contributed by atoms with Crippen LogP contribution in [-0.4, -0.2) is 11.1 Å². The summed E-state index contributed by atoms with van der Waals surface area (Å²) < 4.78 is 5.69. The highest BCUT2D eigenvalue weighted by molar-refractivity contribution is 6.31. The summed E-state index contributed by atoms with van der Waals surface area (Å²) in [6, 6.07) is 14.1. The Balaban J connectivity index is 2.17. The fraction of sp³-hybridized carbons (Fsp3) is 0. The van der Waals surface area contributed by atoms with Crippen LogP contribution in [-0.2, 0) is 0 Å². The van der Waals surface area contributed by atoms with Crippen LogP contribution in [0.25, 0.3) is 22.3 Å². The van der Waals surface area contributed by atoms with Gasteiger partial charge in [0.25, 0.3) is 0 Å². The quantitative estimate of drug-likeness (QED) is 0.750. The lowest BCUT2D eigenvalue weighted by Crippen LogP contribution is -1.96. The first-order valence-corrected chi connectivity index (χ1v) is 6.04. The molecule has 4 heteroatoms. The molecule has 0 aliphatic rings. The van der Waals surface area contributed by atoms with E-state index in [9.17, 15) is 4.79 Å². The van der Waals surface area contributed by atoms with Gasteiger partial charge in [0, 0.05) is 16.0 Å². The number of rotatable bonds is 2. The molecule has 1 aromatic heterocycles. The van der Waals surface area contributed by atoms with Gasteiger partial charge in [-0.05, 0) is 30.3 Å². The highest BCUT2D eigenvalue weighted by Crippen LogP contribution is 2.30. The monoisotopic (exact) mass is 272 g/mol. The largest absolute Gasteiger partial charge is 0.478 e. The summed E-state index contributed by atoms with van der Waals surface area (Å²) in [5.41, 5.74) is 1.55. The van der Waals surface area contributed by atoms with Gasteiger partial charge in [-0.3, -0.25) is 0 Å². The topological polar surface area (TPSA) is 50.4 Å². The molecule has 94 valence electrons. The van der Waals surface area contributed by atoms with E-state index in [1.54, 1.807) is 12.1 Å². The van der Waals surface area contributed by atoms with E-state index in [2.05, 4.69) is 0 Å². The van der Waals surface area contributed by atoms with Crippen LogP contribution < -0.4 is 0 Å². The molecule has 0 aliphatic carbocycles. The lowest BCUT2D eigenvalue weighted by Gasteiger charge is -2.01. The number of halogens is 1. The van der Waals surface area contributed by atoms with Crippen LogP contribution in [0.2, 0.25) is 5.02 Å². The zero-order valence-electron chi connectivity index (χ0n) is 9.76. The SMILES string of the molecule is O=C(O)c1cc(Cl)cc(-c2cc3ccccc3o2)c1. The number of hydrogen-bond acceptors (Lipinski definition) is 2. The Morgan fingerprint density at radius 2 is 1.89 bits per heavy atom. The third-order valence-electron chi connectivity index (χ3n) is 2.85. The average molecular weight is 273 g/mol. The van der Waals surface area contributed by atoms with Crippen molar-refractivity contribution in [2.75, 3.05) is 0 Å². The lowest BCUT2D eigenvalue weighted by molar-refractivity contribution is 0.0697. The minimum absolute atomic E-state index is 0.142. The van der Waals surface area contributed by atoms with Gasteiger partial charge in [-0.1, -0.05) is 29.8 Å². The molecule has 0 unspecified atom stereocenters. The molecule has 3 aromatic rings. The fourth-order valence-electron chi connectivity index (χ4n) is 1.98. The summed E-state index contributed by atoms with van der Waals surface area (Å²) >= 11 is 5.94. The molecule has 0 amide bonds. The molecular formula is C15H9ClO3. The maximum atomic E-state index is 11.0. The van der Waals surface area contributed by atoms with Crippen molar-refractivity contribution >= 4 is 28.5 Å². The number of hydrogen-bond donors (Lipinski definition) is 1. The number of benzene rings is 2. The fourth-order valence-corrected chi connectivity index (χ4v) is 2.21. The van der Waals surface area contributed by atoms with E-state index in [1.165, 1.54) is 6.07 Å². The Morgan fingerprint density at radius 1 is 1.11 bits per heavy atom. The van der Waals surface area contributed by atoms with Gasteiger partial charge in [0.15, 0.2) is 0 Å². The van der Waals surface area contributed by atoms with Crippen LogP contribution >= 0.6 is 11.6 Å². The van der Waals surface area contributed by atoms with Crippen molar-refractivity contribution in [1.82, 2.24) is 0 Å². The number of carboxylic acids is 1. The molecule has 0 fully saturated rings. The Labute approximate surface area is 114 Å². The summed E-state index contributed by atoms with van der Waals surface area (Å²) in [5.74, 6) is -0.411. The molecule has 2 aromatic carbocycles. The Bertz CT molecular complexity index is 741. The van der Waals surface area contributed by atoms with Crippen molar-refractivity contribution in [3.8, 4) is 11.3 Å². The van der Waals surface area contributed by atoms with Crippen molar-refractivity contribution < 1.29 is 14.3 Å². The molecule has 0 saturated carbocycles. The van der Waals surface area contributed by atoms with E-state index < -0.39 is 5.97 Å². The summed E-state index contributed by atoms with van der Waals surface area (Å²) in [4.78, 5) is 11.0. The van der Waals surface area contributed by atoms with E-state index in [1.807, 2.05) is 30.3 Å². The molecule has 0 spiro atoms. The number of para-hydroxylation sites is 1. The molecule has 3 nitrogen and oxygen atoms in total. The van der Waals surface area contributed by atoms with Crippen LogP contribution in [0.5, 0.6) is 0 Å². The van der Waals surface area contributed by atoms with E-state index in [4.69, 9.17) is 21.1 Å². The minimum Gasteiger partial charge on any atom is -0.478 e. The molecule has 0 atom stereocenters. The highest BCUT2D eigenvalue weighted by atomic mass is 35.5. The first kappa shape index (κ1) is 11.8. The van der Waals surface area contributed by atoms with Gasteiger partial charge in [-0.25, -0.2) is 4.79 Å². The third-order valence-corrected chi connectivity index (χ3v) is 3.07. The van der Waals surface area contributed by atoms with Crippen molar-refractivity contribution in [3.05, 3.63) is 59.1 Å². The maximum absolute atomic E-state index is 11.0. The predicted molar refractivity (Wildman–Crippen MR) is 73.6 cm³/mol. The van der Waals surface area contributed by atoms with Crippen molar-refractivity contribution in [2.24, 2.45) is 0 Å². The van der Waals surface area contributed by atoms with Gasteiger partial charge in [0.1, 0.15) is 11.3 Å². The first-order valence-electron chi connectivity index (χ1n) is 5.66. The number of fused-ring (bicyclic) bond motifs is 1. The minimum atomic E-state index is -1.01. The van der Waals surface area contributed by atoms with Crippen LogP contribution in [0, 0.1) is 0 Å². The zero-order valence-corrected chi connectivity index (χ0v) is 10.5. The Kier molecular flexibility index (Phi) is 2.76. The molecule has 0 aliphatic heterocycles. The molecule has 1 heterocycles. The maximum Gasteiger partial charge on any atom is 0.335 e. The van der Waals surface area contributed by atoms with Crippen molar-refractivity contribution in [3.63, 3.8) is 0 Å². The zero-order chi connectivity index (χ0) is 13.4. The van der Waals surface area contributed by atoms with Gasteiger partial charge in [-0.15, -0.1) is 0 Å². The van der Waals surface area contributed by atoms with E-state index in [0.717, 1.165) is 11.0 Å². The predicted octanol–water partition coefficient (Wildman–Crippen LogP) is 4.45. The third kappa shape index (κ3) is 2.20. The second-order valence-electron chi connectivity index (χ2n) is 4.18. The highest BCUT2D eigenvalue weighted by Gasteiger charge is 2.11. The van der Waals surface area contributed by atoms with Gasteiger partial charge < -0.3 is 9.52 Å². The number of carboxylic acid groups (broad SMARTS) is 1.